The Kier molecular flexibility index (Phi) is 5.09. The van der Waals surface area contributed by atoms with Crippen molar-refractivity contribution in [3.8, 4) is 5.75 Å². The number of aromatic nitrogens is 2. The zero-order chi connectivity index (χ0) is 20.5. The molecule has 0 radical (unpaired) electrons. The zero-order valence-electron chi connectivity index (χ0n) is 17.0. The summed E-state index contributed by atoms with van der Waals surface area (Å²) in [4.78, 5) is 28.2. The molecule has 0 atom stereocenters. The molecule has 4 rings (SSSR count). The fourth-order valence-electron chi connectivity index (χ4n) is 3.53. The molecule has 6 nitrogen and oxygen atoms in total. The predicted molar refractivity (Wildman–Crippen MR) is 112 cm³/mol. The number of amides is 1. The van der Waals surface area contributed by atoms with E-state index in [0.29, 0.717) is 23.0 Å². The molecule has 150 valence electrons. The molecule has 1 aliphatic carbocycles. The van der Waals surface area contributed by atoms with E-state index in [1.165, 1.54) is 4.68 Å². The summed E-state index contributed by atoms with van der Waals surface area (Å²) >= 11 is 0. The van der Waals surface area contributed by atoms with Crippen molar-refractivity contribution in [1.82, 2.24) is 14.7 Å². The van der Waals surface area contributed by atoms with Crippen molar-refractivity contribution in [3.05, 3.63) is 70.1 Å². The molecule has 29 heavy (non-hydrogen) atoms. The Bertz CT molecular complexity index is 1100. The minimum Gasteiger partial charge on any atom is -0.497 e. The van der Waals surface area contributed by atoms with Crippen LogP contribution in [0.5, 0.6) is 5.75 Å². The number of benzene rings is 2. The van der Waals surface area contributed by atoms with E-state index >= 15 is 0 Å². The Morgan fingerprint density at radius 3 is 2.38 bits per heavy atom. The van der Waals surface area contributed by atoms with Crippen molar-refractivity contribution in [2.45, 2.75) is 45.3 Å². The Morgan fingerprint density at radius 1 is 1.14 bits per heavy atom. The van der Waals surface area contributed by atoms with Crippen LogP contribution in [0.2, 0.25) is 0 Å². The fraction of sp³-hybridized carbons (Fsp3) is 0.348. The molecule has 0 bridgehead atoms. The fourth-order valence-corrected chi connectivity index (χ4v) is 3.53. The Hall–Kier alpha value is -3.15. The lowest BCUT2D eigenvalue weighted by Crippen LogP contribution is -2.36. The second kappa shape index (κ2) is 7.70. The maximum atomic E-state index is 13.6. The number of hydrogen-bond donors (Lipinski definition) is 0. The number of rotatable bonds is 6. The van der Waals surface area contributed by atoms with E-state index in [0.717, 1.165) is 24.2 Å². The lowest BCUT2D eigenvalue weighted by Gasteiger charge is -2.23. The SMILES string of the molecule is COc1ccc(CN(C(=O)c2nn(C(C)C)c(=O)c3ccccc23)C2CC2)cc1. The third kappa shape index (κ3) is 3.75. The molecular weight excluding hydrogens is 366 g/mol. The molecule has 0 spiro atoms. The third-order valence-corrected chi connectivity index (χ3v) is 5.28. The van der Waals surface area contributed by atoms with Crippen LogP contribution in [0.25, 0.3) is 10.8 Å². The number of nitrogens with zero attached hydrogens (tertiary/aromatic N) is 3. The number of carbonyl (C=O) groups excluding carboxylic acids is 1. The van der Waals surface area contributed by atoms with Gasteiger partial charge in [-0.05, 0) is 50.5 Å². The first-order valence-electron chi connectivity index (χ1n) is 9.95. The quantitative estimate of drug-likeness (QED) is 0.641. The van der Waals surface area contributed by atoms with Crippen LogP contribution in [0.1, 0.15) is 48.8 Å². The molecule has 0 saturated heterocycles. The van der Waals surface area contributed by atoms with Crippen LogP contribution in [0.4, 0.5) is 0 Å². The van der Waals surface area contributed by atoms with E-state index in [1.807, 2.05) is 55.1 Å². The van der Waals surface area contributed by atoms with Crippen LogP contribution >= 0.6 is 0 Å². The summed E-state index contributed by atoms with van der Waals surface area (Å²) < 4.78 is 6.63. The topological polar surface area (TPSA) is 64.4 Å². The minimum atomic E-state index is -0.166. The molecule has 1 amide bonds. The molecule has 0 N–H and O–H groups in total. The predicted octanol–water partition coefficient (Wildman–Crippen LogP) is 3.79. The van der Waals surface area contributed by atoms with Crippen molar-refractivity contribution in [3.63, 3.8) is 0 Å². The molecule has 3 aromatic rings. The van der Waals surface area contributed by atoms with Crippen LogP contribution < -0.4 is 10.3 Å². The first-order valence-corrected chi connectivity index (χ1v) is 9.95. The van der Waals surface area contributed by atoms with Gasteiger partial charge < -0.3 is 9.64 Å². The molecule has 1 aliphatic rings. The van der Waals surface area contributed by atoms with Crippen LogP contribution in [-0.4, -0.2) is 33.7 Å². The highest BCUT2D eigenvalue weighted by Crippen LogP contribution is 2.31. The van der Waals surface area contributed by atoms with Crippen molar-refractivity contribution in [2.75, 3.05) is 7.11 Å². The van der Waals surface area contributed by atoms with Gasteiger partial charge in [0.15, 0.2) is 5.69 Å². The highest BCUT2D eigenvalue weighted by Gasteiger charge is 2.35. The molecule has 0 unspecified atom stereocenters. The van der Waals surface area contributed by atoms with E-state index in [1.54, 1.807) is 19.2 Å². The van der Waals surface area contributed by atoms with E-state index in [9.17, 15) is 9.59 Å². The minimum absolute atomic E-state index is 0.130. The van der Waals surface area contributed by atoms with Crippen LogP contribution in [0, 0.1) is 0 Å². The Morgan fingerprint density at radius 2 is 1.79 bits per heavy atom. The van der Waals surface area contributed by atoms with E-state index < -0.39 is 0 Å². The van der Waals surface area contributed by atoms with Crippen LogP contribution in [0.3, 0.4) is 0 Å². The average molecular weight is 391 g/mol. The van der Waals surface area contributed by atoms with Crippen molar-refractivity contribution < 1.29 is 9.53 Å². The van der Waals surface area contributed by atoms with Crippen molar-refractivity contribution in [2.24, 2.45) is 0 Å². The molecule has 1 aromatic heterocycles. The van der Waals surface area contributed by atoms with Crippen LogP contribution in [0.15, 0.2) is 53.3 Å². The summed E-state index contributed by atoms with van der Waals surface area (Å²) in [6.45, 7) is 4.30. The summed E-state index contributed by atoms with van der Waals surface area (Å²) in [5.41, 5.74) is 1.21. The van der Waals surface area contributed by atoms with E-state index in [4.69, 9.17) is 4.74 Å². The first kappa shape index (κ1) is 19.2. The molecule has 1 fully saturated rings. The highest BCUT2D eigenvalue weighted by molar-refractivity contribution is 6.05. The summed E-state index contributed by atoms with van der Waals surface area (Å²) in [6.07, 6.45) is 1.98. The molecule has 0 aliphatic heterocycles. The standard InChI is InChI=1S/C23H25N3O3/c1-15(2)26-22(27)20-7-5-4-6-19(20)21(24-26)23(28)25(17-10-11-17)14-16-8-12-18(29-3)13-9-16/h4-9,12-13,15,17H,10-11,14H2,1-3H3. The number of fused-ring (bicyclic) bond motifs is 1. The maximum absolute atomic E-state index is 13.6. The first-order chi connectivity index (χ1) is 14.0. The van der Waals surface area contributed by atoms with Gasteiger partial charge in [0, 0.05) is 18.0 Å². The summed E-state index contributed by atoms with van der Waals surface area (Å²) in [6, 6.07) is 15.1. The van der Waals surface area contributed by atoms with Gasteiger partial charge in [-0.2, -0.15) is 5.10 Å². The highest BCUT2D eigenvalue weighted by atomic mass is 16.5. The van der Waals surface area contributed by atoms with Gasteiger partial charge in [0.05, 0.1) is 18.5 Å². The smallest absolute Gasteiger partial charge is 0.275 e. The maximum Gasteiger partial charge on any atom is 0.275 e. The number of methoxy groups -OCH3 is 1. The lowest BCUT2D eigenvalue weighted by molar-refractivity contribution is 0.0723. The number of carbonyl (C=O) groups is 1. The normalized spacial score (nSPS) is 13.7. The van der Waals surface area contributed by atoms with Gasteiger partial charge in [-0.3, -0.25) is 9.59 Å². The largest absolute Gasteiger partial charge is 0.497 e. The second-order valence-corrected chi connectivity index (χ2v) is 7.75. The van der Waals surface area contributed by atoms with Crippen molar-refractivity contribution >= 4 is 16.7 Å². The van der Waals surface area contributed by atoms with Gasteiger partial charge in [-0.1, -0.05) is 30.3 Å². The molecule has 1 saturated carbocycles. The Balaban J connectivity index is 1.75. The number of ether oxygens (including phenoxy) is 1. The zero-order valence-corrected chi connectivity index (χ0v) is 17.0. The van der Waals surface area contributed by atoms with Crippen LogP contribution in [-0.2, 0) is 6.54 Å². The third-order valence-electron chi connectivity index (χ3n) is 5.28. The Labute approximate surface area is 169 Å². The molecule has 1 heterocycles. The summed E-state index contributed by atoms with van der Waals surface area (Å²) in [5, 5.41) is 5.63. The van der Waals surface area contributed by atoms with E-state index in [2.05, 4.69) is 5.10 Å². The monoisotopic (exact) mass is 391 g/mol. The van der Waals surface area contributed by atoms with Gasteiger partial charge in [0.25, 0.3) is 11.5 Å². The molecular formula is C23H25N3O3. The van der Waals surface area contributed by atoms with Gasteiger partial charge in [-0.25, -0.2) is 4.68 Å². The van der Waals surface area contributed by atoms with E-state index in [-0.39, 0.29) is 23.6 Å². The summed E-state index contributed by atoms with van der Waals surface area (Å²) in [5.74, 6) is 0.656. The number of hydrogen-bond acceptors (Lipinski definition) is 4. The molecule has 6 heteroatoms. The average Bonchev–Trinajstić information content (AvgIpc) is 3.57. The summed E-state index contributed by atoms with van der Waals surface area (Å²) in [7, 11) is 1.63. The molecule has 2 aromatic carbocycles. The van der Waals surface area contributed by atoms with Gasteiger partial charge in [0.1, 0.15) is 5.75 Å². The van der Waals surface area contributed by atoms with Crippen molar-refractivity contribution in [1.29, 1.82) is 0 Å². The lowest BCUT2D eigenvalue weighted by atomic mass is 10.1. The van der Waals surface area contributed by atoms with Gasteiger partial charge >= 0.3 is 0 Å². The van der Waals surface area contributed by atoms with Gasteiger partial charge in [0.2, 0.25) is 0 Å². The second-order valence-electron chi connectivity index (χ2n) is 7.75. The van der Waals surface area contributed by atoms with Gasteiger partial charge in [-0.15, -0.1) is 0 Å².